The second-order valence-electron chi connectivity index (χ2n) is 7.57. The molecule has 3 heteroatoms. The van der Waals surface area contributed by atoms with E-state index in [0.29, 0.717) is 18.4 Å². The van der Waals surface area contributed by atoms with Crippen molar-refractivity contribution in [1.29, 1.82) is 0 Å². The van der Waals surface area contributed by atoms with Crippen molar-refractivity contribution in [2.75, 3.05) is 13.2 Å². The number of carbonyl (C=O) groups is 1. The zero-order valence-corrected chi connectivity index (χ0v) is 15.8. The minimum absolute atomic E-state index is 0.236. The molecule has 25 heavy (non-hydrogen) atoms. The van der Waals surface area contributed by atoms with Crippen LogP contribution in [0.15, 0.2) is 24.3 Å². The van der Waals surface area contributed by atoms with Gasteiger partial charge in [0.25, 0.3) is 0 Å². The third-order valence-electron chi connectivity index (χ3n) is 5.39. The Morgan fingerprint density at radius 1 is 1.12 bits per heavy atom. The number of nitrogens with one attached hydrogen (secondary N) is 1. The van der Waals surface area contributed by atoms with Gasteiger partial charge in [-0.05, 0) is 37.2 Å². The Kier molecular flexibility index (Phi) is 9.20. The van der Waals surface area contributed by atoms with Crippen LogP contribution < -0.4 is 5.32 Å². The zero-order chi connectivity index (χ0) is 17.9. The van der Waals surface area contributed by atoms with Gasteiger partial charge in [-0.3, -0.25) is 4.79 Å². The highest BCUT2D eigenvalue weighted by Gasteiger charge is 2.23. The number of aliphatic hydroxyl groups is 1. The van der Waals surface area contributed by atoms with Gasteiger partial charge in [0.2, 0.25) is 0 Å². The molecule has 1 aromatic carbocycles. The fourth-order valence-electron chi connectivity index (χ4n) is 3.68. The van der Waals surface area contributed by atoms with Crippen LogP contribution in [0.3, 0.4) is 0 Å². The van der Waals surface area contributed by atoms with Crippen molar-refractivity contribution in [3.8, 4) is 0 Å². The third-order valence-corrected chi connectivity index (χ3v) is 5.39. The van der Waals surface area contributed by atoms with Crippen LogP contribution in [-0.4, -0.2) is 30.1 Å². The zero-order valence-electron chi connectivity index (χ0n) is 15.8. The Morgan fingerprint density at radius 2 is 1.84 bits per heavy atom. The fraction of sp³-hybridized carbons (Fsp3) is 0.682. The van der Waals surface area contributed by atoms with E-state index in [1.807, 2.05) is 12.1 Å². The van der Waals surface area contributed by atoms with E-state index in [2.05, 4.69) is 24.4 Å². The molecule has 2 N–H and O–H groups in total. The number of hydrogen-bond acceptors (Lipinski definition) is 3. The SMILES string of the molecule is CCCCCCCCc1ccc(C(=O)CC[C@H]2C[C@H](CO)CN2)cc1. The third kappa shape index (κ3) is 7.29. The Labute approximate surface area is 153 Å². The van der Waals surface area contributed by atoms with E-state index in [0.717, 1.165) is 31.4 Å². The molecular formula is C22H35NO2. The number of benzene rings is 1. The molecule has 0 radical (unpaired) electrons. The van der Waals surface area contributed by atoms with Gasteiger partial charge in [-0.2, -0.15) is 0 Å². The van der Waals surface area contributed by atoms with Crippen molar-refractivity contribution in [2.45, 2.75) is 77.2 Å². The summed E-state index contributed by atoms with van der Waals surface area (Å²) < 4.78 is 0. The number of carbonyl (C=O) groups excluding carboxylic acids is 1. The number of aryl methyl sites for hydroxylation is 1. The molecule has 1 aliphatic heterocycles. The van der Waals surface area contributed by atoms with E-state index in [1.54, 1.807) is 0 Å². The van der Waals surface area contributed by atoms with Crippen LogP contribution >= 0.6 is 0 Å². The highest BCUT2D eigenvalue weighted by Crippen LogP contribution is 2.19. The monoisotopic (exact) mass is 345 g/mol. The summed E-state index contributed by atoms with van der Waals surface area (Å²) in [5.41, 5.74) is 2.18. The van der Waals surface area contributed by atoms with Gasteiger partial charge in [-0.1, -0.05) is 63.3 Å². The predicted octanol–water partition coefficient (Wildman–Crippen LogP) is 4.52. The number of aliphatic hydroxyl groups excluding tert-OH is 1. The first-order valence-corrected chi connectivity index (χ1v) is 10.2. The second kappa shape index (κ2) is 11.4. The molecule has 2 rings (SSSR count). The van der Waals surface area contributed by atoms with Crippen molar-refractivity contribution in [2.24, 2.45) is 5.92 Å². The number of ketones is 1. The molecular weight excluding hydrogens is 310 g/mol. The molecule has 1 aliphatic rings. The predicted molar refractivity (Wildman–Crippen MR) is 104 cm³/mol. The smallest absolute Gasteiger partial charge is 0.162 e. The van der Waals surface area contributed by atoms with E-state index in [4.69, 9.17) is 0 Å². The van der Waals surface area contributed by atoms with Crippen molar-refractivity contribution in [1.82, 2.24) is 5.32 Å². The number of rotatable bonds is 12. The van der Waals surface area contributed by atoms with Gasteiger partial charge < -0.3 is 10.4 Å². The summed E-state index contributed by atoms with van der Waals surface area (Å²) in [6.07, 6.45) is 11.5. The Morgan fingerprint density at radius 3 is 2.52 bits per heavy atom. The summed E-state index contributed by atoms with van der Waals surface area (Å²) in [4.78, 5) is 12.3. The van der Waals surface area contributed by atoms with E-state index in [-0.39, 0.29) is 12.4 Å². The molecule has 3 nitrogen and oxygen atoms in total. The average Bonchev–Trinajstić information content (AvgIpc) is 3.11. The number of hydrogen-bond donors (Lipinski definition) is 2. The molecule has 0 spiro atoms. The summed E-state index contributed by atoms with van der Waals surface area (Å²) in [7, 11) is 0. The van der Waals surface area contributed by atoms with Gasteiger partial charge in [-0.15, -0.1) is 0 Å². The van der Waals surface area contributed by atoms with Crippen LogP contribution in [0, 0.1) is 5.92 Å². The largest absolute Gasteiger partial charge is 0.396 e. The minimum atomic E-state index is 0.236. The maximum atomic E-state index is 12.3. The Hall–Kier alpha value is -1.19. The van der Waals surface area contributed by atoms with E-state index >= 15 is 0 Å². The lowest BCUT2D eigenvalue weighted by atomic mass is 9.98. The molecule has 0 aliphatic carbocycles. The summed E-state index contributed by atoms with van der Waals surface area (Å²) >= 11 is 0. The van der Waals surface area contributed by atoms with Crippen LogP contribution in [0.2, 0.25) is 0 Å². The number of Topliss-reactive ketones (excluding diaryl/α,β-unsaturated/α-hetero) is 1. The number of unbranched alkanes of at least 4 members (excludes halogenated alkanes) is 5. The van der Waals surface area contributed by atoms with Gasteiger partial charge in [0, 0.05) is 31.2 Å². The molecule has 0 amide bonds. The van der Waals surface area contributed by atoms with Crippen molar-refractivity contribution >= 4 is 5.78 Å². The first-order valence-electron chi connectivity index (χ1n) is 10.2. The first-order chi connectivity index (χ1) is 12.2. The van der Waals surface area contributed by atoms with Gasteiger partial charge in [0.1, 0.15) is 0 Å². The minimum Gasteiger partial charge on any atom is -0.396 e. The van der Waals surface area contributed by atoms with Crippen molar-refractivity contribution in [3.63, 3.8) is 0 Å². The van der Waals surface area contributed by atoms with Crippen LogP contribution in [0.25, 0.3) is 0 Å². The van der Waals surface area contributed by atoms with Crippen molar-refractivity contribution in [3.05, 3.63) is 35.4 Å². The van der Waals surface area contributed by atoms with Gasteiger partial charge in [-0.25, -0.2) is 0 Å². The topological polar surface area (TPSA) is 49.3 Å². The van der Waals surface area contributed by atoms with E-state index in [9.17, 15) is 9.90 Å². The summed E-state index contributed by atoms with van der Waals surface area (Å²) in [5.74, 6) is 0.599. The van der Waals surface area contributed by atoms with Crippen LogP contribution in [-0.2, 0) is 6.42 Å². The first kappa shape index (κ1) is 20.1. The van der Waals surface area contributed by atoms with Gasteiger partial charge >= 0.3 is 0 Å². The molecule has 140 valence electrons. The average molecular weight is 346 g/mol. The van der Waals surface area contributed by atoms with E-state index in [1.165, 1.54) is 44.1 Å². The molecule has 2 atom stereocenters. The quantitative estimate of drug-likeness (QED) is 0.432. The maximum Gasteiger partial charge on any atom is 0.162 e. The lowest BCUT2D eigenvalue weighted by Crippen LogP contribution is -2.22. The normalized spacial score (nSPS) is 20.1. The molecule has 1 heterocycles. The lowest BCUT2D eigenvalue weighted by Gasteiger charge is -2.10. The molecule has 0 aromatic heterocycles. The summed E-state index contributed by atoms with van der Waals surface area (Å²) in [6.45, 7) is 3.37. The fourth-order valence-corrected chi connectivity index (χ4v) is 3.68. The summed E-state index contributed by atoms with van der Waals surface area (Å²) in [5, 5.41) is 12.6. The van der Waals surface area contributed by atoms with Crippen LogP contribution in [0.4, 0.5) is 0 Å². The highest BCUT2D eigenvalue weighted by atomic mass is 16.3. The molecule has 0 bridgehead atoms. The molecule has 1 saturated heterocycles. The van der Waals surface area contributed by atoms with Crippen molar-refractivity contribution < 1.29 is 9.90 Å². The highest BCUT2D eigenvalue weighted by molar-refractivity contribution is 5.96. The molecule has 1 fully saturated rings. The lowest BCUT2D eigenvalue weighted by molar-refractivity contribution is 0.0976. The van der Waals surface area contributed by atoms with Gasteiger partial charge in [0.05, 0.1) is 0 Å². The molecule has 1 aromatic rings. The Balaban J connectivity index is 1.65. The van der Waals surface area contributed by atoms with Crippen LogP contribution in [0.5, 0.6) is 0 Å². The standard InChI is InChI=1S/C22H35NO2/c1-2-3-4-5-6-7-8-18-9-11-20(12-10-18)22(25)14-13-21-15-19(17-24)16-23-21/h9-12,19,21,23-24H,2-8,13-17H2,1H3/t19-,21-/m0/s1. The van der Waals surface area contributed by atoms with Gasteiger partial charge in [0.15, 0.2) is 5.78 Å². The molecule has 0 unspecified atom stereocenters. The van der Waals surface area contributed by atoms with Crippen LogP contribution in [0.1, 0.15) is 80.6 Å². The van der Waals surface area contributed by atoms with E-state index < -0.39 is 0 Å². The Bertz CT molecular complexity index is 497. The second-order valence-corrected chi connectivity index (χ2v) is 7.57. The maximum absolute atomic E-state index is 12.3. The summed E-state index contributed by atoms with van der Waals surface area (Å²) in [6, 6.07) is 8.61. The molecule has 0 saturated carbocycles.